The Morgan fingerprint density at radius 1 is 1.19 bits per heavy atom. The van der Waals surface area contributed by atoms with Crippen molar-refractivity contribution >= 4 is 29.2 Å². The van der Waals surface area contributed by atoms with Crippen molar-refractivity contribution in [3.8, 4) is 0 Å². The van der Waals surface area contributed by atoms with Crippen molar-refractivity contribution in [1.82, 2.24) is 4.57 Å². The fourth-order valence-electron chi connectivity index (χ4n) is 2.12. The quantitative estimate of drug-likeness (QED) is 0.793. The molecule has 0 amide bonds. The molecule has 3 rings (SSSR count). The van der Waals surface area contributed by atoms with E-state index < -0.39 is 0 Å². The van der Waals surface area contributed by atoms with Crippen LogP contribution in [0.4, 0.5) is 0 Å². The molecule has 0 N–H and O–H groups in total. The predicted molar refractivity (Wildman–Crippen MR) is 83.6 cm³/mol. The van der Waals surface area contributed by atoms with Gasteiger partial charge in [0.2, 0.25) is 0 Å². The zero-order valence-electron chi connectivity index (χ0n) is 11.3. The third-order valence-corrected chi connectivity index (χ3v) is 3.86. The summed E-state index contributed by atoms with van der Waals surface area (Å²) in [6.45, 7) is 0.457. The lowest BCUT2D eigenvalue weighted by atomic mass is 10.1. The van der Waals surface area contributed by atoms with Gasteiger partial charge in [0.05, 0.1) is 6.54 Å². The first kappa shape index (κ1) is 14.2. The number of rotatable bonds is 1. The molecule has 0 bridgehead atoms. The average Bonchev–Trinajstić information content (AvgIpc) is 2.89. The van der Waals surface area contributed by atoms with Gasteiger partial charge < -0.3 is 9.30 Å². The number of aromatic nitrogens is 1. The summed E-state index contributed by atoms with van der Waals surface area (Å²) in [5.74, 6) is 0. The molecule has 0 spiro atoms. The highest BCUT2D eigenvalue weighted by molar-refractivity contribution is 6.36. The highest BCUT2D eigenvalue weighted by Gasteiger charge is 2.25. The molecular formula is C15H13Cl2N3O. The Bertz CT molecular complexity index is 747. The molecule has 4 nitrogen and oxygen atoms in total. The summed E-state index contributed by atoms with van der Waals surface area (Å²) in [5, 5.41) is 1.16. The first-order chi connectivity index (χ1) is 10.1. The van der Waals surface area contributed by atoms with Crippen LogP contribution >= 0.6 is 23.2 Å². The minimum Gasteiger partial charge on any atom is -0.453 e. The molecule has 0 aliphatic carbocycles. The minimum atomic E-state index is -0.293. The van der Waals surface area contributed by atoms with Crippen LogP contribution in [0.1, 0.15) is 11.7 Å². The van der Waals surface area contributed by atoms with Gasteiger partial charge >= 0.3 is 6.02 Å². The van der Waals surface area contributed by atoms with E-state index in [4.69, 9.17) is 27.9 Å². The van der Waals surface area contributed by atoms with Gasteiger partial charge in [0, 0.05) is 28.9 Å². The van der Waals surface area contributed by atoms with Crippen LogP contribution in [-0.2, 0) is 11.8 Å². The minimum absolute atomic E-state index is 0.293. The third-order valence-electron chi connectivity index (χ3n) is 3.20. The van der Waals surface area contributed by atoms with Crippen LogP contribution in [0.2, 0.25) is 10.0 Å². The Labute approximate surface area is 132 Å². The van der Waals surface area contributed by atoms with E-state index in [-0.39, 0.29) is 6.10 Å². The number of aliphatic imine (C=N–C) groups is 1. The lowest BCUT2D eigenvalue weighted by Gasteiger charge is -2.13. The molecule has 1 aromatic carbocycles. The first-order valence-corrected chi connectivity index (χ1v) is 7.22. The highest BCUT2D eigenvalue weighted by Crippen LogP contribution is 2.34. The molecule has 0 saturated carbocycles. The largest absolute Gasteiger partial charge is 0.453 e. The lowest BCUT2D eigenvalue weighted by Crippen LogP contribution is -2.18. The maximum absolute atomic E-state index is 6.19. The van der Waals surface area contributed by atoms with Crippen molar-refractivity contribution in [2.24, 2.45) is 17.0 Å². The fourth-order valence-corrected chi connectivity index (χ4v) is 2.76. The molecule has 1 aromatic heterocycles. The second-order valence-electron chi connectivity index (χ2n) is 4.65. The maximum Gasteiger partial charge on any atom is 0.314 e. The van der Waals surface area contributed by atoms with Crippen molar-refractivity contribution in [2.45, 2.75) is 6.10 Å². The second kappa shape index (κ2) is 5.92. The van der Waals surface area contributed by atoms with Crippen LogP contribution in [0.15, 0.2) is 52.6 Å². The van der Waals surface area contributed by atoms with Gasteiger partial charge in [0.15, 0.2) is 0 Å². The van der Waals surface area contributed by atoms with E-state index in [1.807, 2.05) is 36.0 Å². The Hall–Kier alpha value is -1.78. The van der Waals surface area contributed by atoms with Crippen molar-refractivity contribution in [3.63, 3.8) is 0 Å². The number of benzene rings is 1. The molecule has 2 aromatic rings. The van der Waals surface area contributed by atoms with E-state index in [2.05, 4.69) is 9.98 Å². The Balaban J connectivity index is 1.86. The number of pyridine rings is 1. The number of halogens is 2. The molecule has 0 radical (unpaired) electrons. The van der Waals surface area contributed by atoms with E-state index >= 15 is 0 Å². The van der Waals surface area contributed by atoms with Crippen molar-refractivity contribution in [3.05, 3.63) is 63.7 Å². The van der Waals surface area contributed by atoms with Crippen LogP contribution in [0.5, 0.6) is 0 Å². The van der Waals surface area contributed by atoms with Gasteiger partial charge in [0.1, 0.15) is 11.6 Å². The van der Waals surface area contributed by atoms with Crippen molar-refractivity contribution < 1.29 is 4.74 Å². The van der Waals surface area contributed by atoms with Gasteiger partial charge in [-0.05, 0) is 24.3 Å². The van der Waals surface area contributed by atoms with Crippen LogP contribution in [0.25, 0.3) is 0 Å². The van der Waals surface area contributed by atoms with Gasteiger partial charge in [-0.25, -0.2) is 4.99 Å². The molecular weight excluding hydrogens is 309 g/mol. The Morgan fingerprint density at radius 2 is 1.95 bits per heavy atom. The molecule has 1 aliphatic rings. The summed E-state index contributed by atoms with van der Waals surface area (Å²) in [5.41, 5.74) is 1.52. The van der Waals surface area contributed by atoms with Crippen LogP contribution in [0, 0.1) is 0 Å². The molecule has 0 fully saturated rings. The third kappa shape index (κ3) is 2.96. The van der Waals surface area contributed by atoms with E-state index in [0.29, 0.717) is 22.6 Å². The summed E-state index contributed by atoms with van der Waals surface area (Å²) < 4.78 is 7.66. The maximum atomic E-state index is 6.19. The van der Waals surface area contributed by atoms with E-state index in [1.54, 1.807) is 18.2 Å². The van der Waals surface area contributed by atoms with Crippen molar-refractivity contribution in [2.75, 3.05) is 6.54 Å². The van der Waals surface area contributed by atoms with Gasteiger partial charge in [0.25, 0.3) is 0 Å². The summed E-state index contributed by atoms with van der Waals surface area (Å²) >= 11 is 12.4. The molecule has 1 atom stereocenters. The van der Waals surface area contributed by atoms with Gasteiger partial charge in [-0.3, -0.25) is 0 Å². The predicted octanol–water partition coefficient (Wildman–Crippen LogP) is 3.36. The number of nitrogens with zero attached hydrogens (tertiary/aromatic N) is 3. The fraction of sp³-hybridized carbons (Fsp3) is 0.200. The molecule has 21 heavy (non-hydrogen) atoms. The molecule has 2 heterocycles. The van der Waals surface area contributed by atoms with Crippen LogP contribution in [-0.4, -0.2) is 17.1 Å². The summed E-state index contributed by atoms with van der Waals surface area (Å²) in [7, 11) is 1.91. The number of hydrogen-bond acceptors (Lipinski definition) is 3. The molecule has 6 heteroatoms. The molecule has 1 aliphatic heterocycles. The number of ether oxygens (including phenoxy) is 1. The Kier molecular flexibility index (Phi) is 3.99. The Morgan fingerprint density at radius 3 is 2.67 bits per heavy atom. The average molecular weight is 322 g/mol. The second-order valence-corrected chi connectivity index (χ2v) is 5.46. The number of hydrogen-bond donors (Lipinski definition) is 0. The normalized spacial score (nSPS) is 18.5. The van der Waals surface area contributed by atoms with Gasteiger partial charge in [-0.1, -0.05) is 35.3 Å². The summed E-state index contributed by atoms with van der Waals surface area (Å²) in [4.78, 5) is 8.71. The first-order valence-electron chi connectivity index (χ1n) is 6.46. The molecule has 0 saturated heterocycles. The number of aryl methyl sites for hydroxylation is 1. The zero-order valence-corrected chi connectivity index (χ0v) is 12.8. The summed E-state index contributed by atoms with van der Waals surface area (Å²) in [6.07, 6.45) is 1.62. The van der Waals surface area contributed by atoms with E-state index in [9.17, 15) is 0 Å². The monoisotopic (exact) mass is 321 g/mol. The zero-order chi connectivity index (χ0) is 14.8. The number of amidine groups is 1. The smallest absolute Gasteiger partial charge is 0.314 e. The lowest BCUT2D eigenvalue weighted by molar-refractivity contribution is 0.226. The van der Waals surface area contributed by atoms with Gasteiger partial charge in [-0.2, -0.15) is 4.99 Å². The van der Waals surface area contributed by atoms with E-state index in [1.165, 1.54) is 0 Å². The van der Waals surface area contributed by atoms with Gasteiger partial charge in [-0.15, -0.1) is 0 Å². The van der Waals surface area contributed by atoms with Crippen LogP contribution in [0.3, 0.4) is 0 Å². The highest BCUT2D eigenvalue weighted by atomic mass is 35.5. The van der Waals surface area contributed by atoms with Crippen LogP contribution < -0.4 is 5.49 Å². The SMILES string of the molecule is Cn1cccc/c1=N\C1=NCC(c2c(Cl)cccc2Cl)O1. The molecule has 1 unspecified atom stereocenters. The summed E-state index contributed by atoms with van der Waals surface area (Å²) in [6, 6.07) is 11.5. The van der Waals surface area contributed by atoms with Crippen molar-refractivity contribution in [1.29, 1.82) is 0 Å². The standard InChI is InChI=1S/C15H13Cl2N3O/c1-20-8-3-2-7-13(20)19-15-18-9-12(21-15)14-10(16)5-4-6-11(14)17/h2-8,12H,9H2,1H3/b19-13+. The molecule has 108 valence electrons. The topological polar surface area (TPSA) is 38.9 Å². The van der Waals surface area contributed by atoms with E-state index in [0.717, 1.165) is 11.1 Å².